The van der Waals surface area contributed by atoms with E-state index in [-0.39, 0.29) is 17.9 Å². The Morgan fingerprint density at radius 2 is 2.28 bits per heavy atom. The molecule has 0 amide bonds. The van der Waals surface area contributed by atoms with Gasteiger partial charge >= 0.3 is 14.0 Å². The monoisotopic (exact) mass is 247 g/mol. The predicted octanol–water partition coefficient (Wildman–Crippen LogP) is 1.60. The second-order valence-electron chi connectivity index (χ2n) is 3.20. The second kappa shape index (κ2) is 6.44. The van der Waals surface area contributed by atoms with Gasteiger partial charge in [-0.1, -0.05) is 12.1 Å². The number of nitro groups is 1. The Labute approximate surface area is 105 Å². The van der Waals surface area contributed by atoms with Gasteiger partial charge in [0.2, 0.25) is 0 Å². The van der Waals surface area contributed by atoms with E-state index < -0.39 is 10.9 Å². The highest BCUT2D eigenvalue weighted by molar-refractivity contribution is 6.16. The van der Waals surface area contributed by atoms with Crippen molar-refractivity contribution in [3.8, 4) is 0 Å². The summed E-state index contributed by atoms with van der Waals surface area (Å²) < 4.78 is 9.09. The summed E-state index contributed by atoms with van der Waals surface area (Å²) in [5.41, 5.74) is 0.177. The molecule has 0 saturated heterocycles. The minimum absolute atomic E-state index is 0.0167. The number of nitro benzene ring substituents is 1. The molecule has 0 aliphatic carbocycles. The molecule has 0 saturated carbocycles. The Morgan fingerprint density at radius 1 is 1.56 bits per heavy atom. The normalized spacial score (nSPS) is 10.8. The van der Waals surface area contributed by atoms with Gasteiger partial charge in [-0.15, -0.1) is 0 Å². The lowest BCUT2D eigenvalue weighted by Crippen LogP contribution is -2.07. The lowest BCUT2D eigenvalue weighted by Gasteiger charge is -2.06. The van der Waals surface area contributed by atoms with Crippen molar-refractivity contribution in [1.82, 2.24) is 0 Å². The van der Waals surface area contributed by atoms with Crippen molar-refractivity contribution in [2.24, 2.45) is 0 Å². The van der Waals surface area contributed by atoms with Crippen LogP contribution in [0.1, 0.15) is 12.5 Å². The molecule has 7 heteroatoms. The molecular weight excluding hydrogens is 237 g/mol. The van der Waals surface area contributed by atoms with E-state index in [0.717, 1.165) is 6.26 Å². The number of hydrogen-bond donors (Lipinski definition) is 0. The first-order chi connectivity index (χ1) is 8.60. The summed E-state index contributed by atoms with van der Waals surface area (Å²) in [6, 6.07) is 5.53. The van der Waals surface area contributed by atoms with E-state index in [0.29, 0.717) is 5.56 Å². The molecular formula is C11H10BNO5. The molecule has 0 aliphatic rings. The smallest absolute Gasteiger partial charge is 0.373 e. The van der Waals surface area contributed by atoms with Crippen molar-refractivity contribution in [2.75, 3.05) is 6.61 Å². The van der Waals surface area contributed by atoms with E-state index in [4.69, 9.17) is 12.8 Å². The molecule has 0 unspecified atom stereocenters. The number of benzene rings is 1. The van der Waals surface area contributed by atoms with Crippen molar-refractivity contribution in [3.63, 3.8) is 0 Å². The molecule has 0 N–H and O–H groups in total. The van der Waals surface area contributed by atoms with Gasteiger partial charge in [0, 0.05) is 12.1 Å². The minimum atomic E-state index is -0.663. The van der Waals surface area contributed by atoms with Gasteiger partial charge in [-0.2, -0.15) is 0 Å². The SMILES string of the molecule is [B]O/C=C(/C(=O)OCC)c1cccc([N+](=O)[O-])c1. The lowest BCUT2D eigenvalue weighted by molar-refractivity contribution is -0.384. The summed E-state index contributed by atoms with van der Waals surface area (Å²) in [5.74, 6) is -0.663. The van der Waals surface area contributed by atoms with Gasteiger partial charge in [-0.3, -0.25) is 10.1 Å². The third-order valence-corrected chi connectivity index (χ3v) is 2.05. The van der Waals surface area contributed by atoms with Gasteiger partial charge in [-0.05, 0) is 12.5 Å². The summed E-state index contributed by atoms with van der Waals surface area (Å²) in [6.45, 7) is 1.82. The molecule has 1 aromatic carbocycles. The van der Waals surface area contributed by atoms with Crippen LogP contribution in [0.5, 0.6) is 0 Å². The molecule has 18 heavy (non-hydrogen) atoms. The van der Waals surface area contributed by atoms with Crippen molar-refractivity contribution in [2.45, 2.75) is 6.92 Å². The average Bonchev–Trinajstić information content (AvgIpc) is 2.36. The van der Waals surface area contributed by atoms with Gasteiger partial charge < -0.3 is 9.39 Å². The van der Waals surface area contributed by atoms with Crippen LogP contribution in [0.25, 0.3) is 5.57 Å². The molecule has 0 bridgehead atoms. The maximum absolute atomic E-state index is 11.6. The Morgan fingerprint density at radius 3 is 2.83 bits per heavy atom. The fraction of sp³-hybridized carbons (Fsp3) is 0.182. The number of rotatable bonds is 5. The van der Waals surface area contributed by atoms with Gasteiger partial charge in [-0.25, -0.2) is 4.79 Å². The largest absolute Gasteiger partial charge is 0.572 e. The fourth-order valence-electron chi connectivity index (χ4n) is 1.30. The molecule has 6 nitrogen and oxygen atoms in total. The molecule has 1 rings (SSSR count). The minimum Gasteiger partial charge on any atom is -0.572 e. The quantitative estimate of drug-likeness (QED) is 0.197. The van der Waals surface area contributed by atoms with E-state index in [1.165, 1.54) is 24.3 Å². The Balaban J connectivity index is 3.14. The second-order valence-corrected chi connectivity index (χ2v) is 3.20. The van der Waals surface area contributed by atoms with E-state index >= 15 is 0 Å². The zero-order chi connectivity index (χ0) is 13.5. The summed E-state index contributed by atoms with van der Waals surface area (Å²) in [6.07, 6.45) is 0.983. The first-order valence-corrected chi connectivity index (χ1v) is 5.07. The Kier molecular flexibility index (Phi) is 4.92. The van der Waals surface area contributed by atoms with Gasteiger partial charge in [0.1, 0.15) is 0 Å². The molecule has 0 heterocycles. The number of hydrogen-bond acceptors (Lipinski definition) is 5. The van der Waals surface area contributed by atoms with E-state index in [1.807, 2.05) is 0 Å². The molecule has 0 fully saturated rings. The van der Waals surface area contributed by atoms with Crippen molar-refractivity contribution in [3.05, 3.63) is 46.2 Å². The summed E-state index contributed by atoms with van der Waals surface area (Å²) >= 11 is 0. The van der Waals surface area contributed by atoms with Crippen LogP contribution in [-0.2, 0) is 14.2 Å². The van der Waals surface area contributed by atoms with Crippen LogP contribution in [0.4, 0.5) is 5.69 Å². The Bertz CT molecular complexity index is 486. The number of carbonyl (C=O) groups is 1. The third kappa shape index (κ3) is 3.34. The zero-order valence-corrected chi connectivity index (χ0v) is 9.66. The number of ether oxygens (including phenoxy) is 1. The van der Waals surface area contributed by atoms with Crippen LogP contribution in [-0.4, -0.2) is 25.5 Å². The summed E-state index contributed by atoms with van der Waals surface area (Å²) in [7, 11) is 4.88. The first kappa shape index (κ1) is 13.8. The fourth-order valence-corrected chi connectivity index (χ4v) is 1.30. The van der Waals surface area contributed by atoms with Crippen LogP contribution in [0.2, 0.25) is 0 Å². The first-order valence-electron chi connectivity index (χ1n) is 5.07. The maximum Gasteiger partial charge on any atom is 0.373 e. The standard InChI is InChI=1S/C11H10BNO5/c1-2-17-11(14)10(7-18-12)8-4-3-5-9(6-8)13(15)16/h3-7H,2H2,1H3/b10-7+. The summed E-state index contributed by atoms with van der Waals surface area (Å²) in [4.78, 5) is 21.7. The number of non-ortho nitro benzene ring substituents is 1. The maximum atomic E-state index is 11.6. The topological polar surface area (TPSA) is 78.7 Å². The Hall–Kier alpha value is -2.31. The van der Waals surface area contributed by atoms with Crippen LogP contribution < -0.4 is 0 Å². The van der Waals surface area contributed by atoms with E-state index in [2.05, 4.69) is 4.65 Å². The van der Waals surface area contributed by atoms with Crippen molar-refractivity contribution >= 4 is 25.3 Å². The highest BCUT2D eigenvalue weighted by Gasteiger charge is 2.16. The number of carbonyl (C=O) groups excluding carboxylic acids is 1. The van der Waals surface area contributed by atoms with Crippen molar-refractivity contribution in [1.29, 1.82) is 0 Å². The van der Waals surface area contributed by atoms with Crippen molar-refractivity contribution < 1.29 is 19.1 Å². The lowest BCUT2D eigenvalue weighted by atomic mass is 10.1. The summed E-state index contributed by atoms with van der Waals surface area (Å²) in [5, 5.41) is 10.6. The molecule has 1 aromatic rings. The van der Waals surface area contributed by atoms with Crippen LogP contribution in [0, 0.1) is 10.1 Å². The molecule has 2 radical (unpaired) electrons. The molecule has 0 aliphatic heterocycles. The van der Waals surface area contributed by atoms with Gasteiger partial charge in [0.15, 0.2) is 0 Å². The highest BCUT2D eigenvalue weighted by Crippen LogP contribution is 2.21. The number of esters is 1. The highest BCUT2D eigenvalue weighted by atomic mass is 16.6. The average molecular weight is 247 g/mol. The zero-order valence-electron chi connectivity index (χ0n) is 9.66. The third-order valence-electron chi connectivity index (χ3n) is 2.05. The van der Waals surface area contributed by atoms with E-state index in [1.54, 1.807) is 6.92 Å². The molecule has 92 valence electrons. The molecule has 0 atom stereocenters. The van der Waals surface area contributed by atoms with Gasteiger partial charge in [0.05, 0.1) is 23.4 Å². The predicted molar refractivity (Wildman–Crippen MR) is 64.5 cm³/mol. The molecule has 0 aromatic heterocycles. The van der Waals surface area contributed by atoms with Crippen LogP contribution >= 0.6 is 0 Å². The van der Waals surface area contributed by atoms with E-state index in [9.17, 15) is 14.9 Å². The van der Waals surface area contributed by atoms with Gasteiger partial charge in [0.25, 0.3) is 5.69 Å². The number of nitrogens with zero attached hydrogens (tertiary/aromatic N) is 1. The van der Waals surface area contributed by atoms with Crippen LogP contribution in [0.15, 0.2) is 30.5 Å². The molecule has 0 spiro atoms. The van der Waals surface area contributed by atoms with Crippen LogP contribution in [0.3, 0.4) is 0 Å².